The second-order valence-corrected chi connectivity index (χ2v) is 3.56. The monoisotopic (exact) mass is 200 g/mol. The quantitative estimate of drug-likeness (QED) is 0.458. The Morgan fingerprint density at radius 1 is 1.29 bits per heavy atom. The number of hydrogen-bond acceptors (Lipinski definition) is 2. The van der Waals surface area contributed by atoms with Gasteiger partial charge >= 0.3 is 0 Å². The van der Waals surface area contributed by atoms with Crippen LogP contribution >= 0.6 is 0 Å². The lowest BCUT2D eigenvalue weighted by atomic mass is 10.1. The van der Waals surface area contributed by atoms with E-state index < -0.39 is 0 Å². The third-order valence-electron chi connectivity index (χ3n) is 2.29. The van der Waals surface area contributed by atoms with Crippen molar-refractivity contribution in [3.8, 4) is 0 Å². The van der Waals surface area contributed by atoms with Crippen LogP contribution in [0.25, 0.3) is 0 Å². The lowest BCUT2D eigenvalue weighted by Gasteiger charge is -2.10. The van der Waals surface area contributed by atoms with E-state index in [9.17, 15) is 0 Å². The highest BCUT2D eigenvalue weighted by Gasteiger charge is 2.01. The lowest BCUT2D eigenvalue weighted by molar-refractivity contribution is 0.130. The maximum absolute atomic E-state index is 8.61. The van der Waals surface area contributed by atoms with E-state index in [0.717, 1.165) is 12.8 Å². The van der Waals surface area contributed by atoms with Crippen molar-refractivity contribution in [1.82, 2.24) is 0 Å². The van der Waals surface area contributed by atoms with Gasteiger partial charge in [0.2, 0.25) is 0 Å². The summed E-state index contributed by atoms with van der Waals surface area (Å²) in [6.07, 6.45) is 11.2. The van der Waals surface area contributed by atoms with Crippen LogP contribution in [0.2, 0.25) is 0 Å². The summed E-state index contributed by atoms with van der Waals surface area (Å²) in [6, 6.07) is 0. The Kier molecular flexibility index (Phi) is 10.5. The number of rotatable bonds is 9. The van der Waals surface area contributed by atoms with Gasteiger partial charge in [-0.1, -0.05) is 44.8 Å². The molecular formula is C12H24O2. The van der Waals surface area contributed by atoms with Gasteiger partial charge < -0.3 is 9.84 Å². The number of hydrogen-bond donors (Lipinski definition) is 1. The third kappa shape index (κ3) is 8.27. The minimum absolute atomic E-state index is 0.225. The molecule has 0 radical (unpaired) electrons. The second kappa shape index (κ2) is 10.7. The summed E-state index contributed by atoms with van der Waals surface area (Å²) in [4.78, 5) is 0. The maximum atomic E-state index is 8.61. The number of unbranched alkanes of at least 4 members (excludes halogenated alkanes) is 3. The Hall–Kier alpha value is -0.340. The van der Waals surface area contributed by atoms with E-state index in [2.05, 4.69) is 13.0 Å². The molecule has 0 aliphatic heterocycles. The topological polar surface area (TPSA) is 29.5 Å². The summed E-state index contributed by atoms with van der Waals surface area (Å²) in [5.41, 5.74) is 0. The Bertz CT molecular complexity index is 132. The van der Waals surface area contributed by atoms with Crippen LogP contribution in [-0.4, -0.2) is 24.9 Å². The molecule has 0 bridgehead atoms. The molecule has 0 rings (SSSR count). The van der Waals surface area contributed by atoms with Crippen molar-refractivity contribution in [2.75, 3.05) is 13.7 Å². The van der Waals surface area contributed by atoms with Crippen LogP contribution in [0.3, 0.4) is 0 Å². The van der Waals surface area contributed by atoms with Crippen molar-refractivity contribution in [2.45, 2.75) is 51.6 Å². The molecule has 1 N–H and O–H groups in total. The first-order valence-corrected chi connectivity index (χ1v) is 5.65. The van der Waals surface area contributed by atoms with Gasteiger partial charge in [-0.25, -0.2) is 0 Å². The fraction of sp³-hybridized carbons (Fsp3) is 0.833. The van der Waals surface area contributed by atoms with Crippen molar-refractivity contribution >= 4 is 0 Å². The zero-order valence-electron chi connectivity index (χ0n) is 9.54. The highest BCUT2D eigenvalue weighted by Crippen LogP contribution is 2.08. The standard InChI is InChI=1S/C12H24O2/c1-3-4-5-6-9-12(14-2)10-7-8-11-13/h7,10,12-13H,3-6,8-9,11H2,1-2H3/b10-7+. The Balaban J connectivity index is 3.47. The van der Waals surface area contributed by atoms with Gasteiger partial charge in [0, 0.05) is 13.7 Å². The lowest BCUT2D eigenvalue weighted by Crippen LogP contribution is -2.06. The average Bonchev–Trinajstić information content (AvgIpc) is 2.22. The zero-order valence-corrected chi connectivity index (χ0v) is 9.54. The van der Waals surface area contributed by atoms with Crippen molar-refractivity contribution in [1.29, 1.82) is 0 Å². The third-order valence-corrected chi connectivity index (χ3v) is 2.29. The van der Waals surface area contributed by atoms with Crippen molar-refractivity contribution in [2.24, 2.45) is 0 Å². The molecule has 84 valence electrons. The van der Waals surface area contributed by atoms with E-state index in [4.69, 9.17) is 9.84 Å². The SMILES string of the molecule is CCCCCCC(/C=C/CCO)OC. The molecule has 1 unspecified atom stereocenters. The molecule has 0 aromatic heterocycles. The summed E-state index contributed by atoms with van der Waals surface area (Å²) < 4.78 is 5.31. The first-order valence-electron chi connectivity index (χ1n) is 5.65. The van der Waals surface area contributed by atoms with Crippen LogP contribution in [0.1, 0.15) is 45.4 Å². The van der Waals surface area contributed by atoms with E-state index >= 15 is 0 Å². The molecule has 1 atom stereocenters. The Morgan fingerprint density at radius 3 is 2.64 bits per heavy atom. The molecule has 0 aromatic carbocycles. The van der Waals surface area contributed by atoms with Crippen LogP contribution in [-0.2, 0) is 4.74 Å². The fourth-order valence-corrected chi connectivity index (χ4v) is 1.39. The van der Waals surface area contributed by atoms with Crippen LogP contribution < -0.4 is 0 Å². The Labute approximate surface area is 88.0 Å². The average molecular weight is 200 g/mol. The summed E-state index contributed by atoms with van der Waals surface area (Å²) in [7, 11) is 1.74. The van der Waals surface area contributed by atoms with Crippen molar-refractivity contribution < 1.29 is 9.84 Å². The number of aliphatic hydroxyl groups excluding tert-OH is 1. The first-order chi connectivity index (χ1) is 6.85. The van der Waals surface area contributed by atoms with E-state index in [1.54, 1.807) is 7.11 Å². The number of methoxy groups -OCH3 is 1. The predicted molar refractivity (Wildman–Crippen MR) is 60.4 cm³/mol. The van der Waals surface area contributed by atoms with Gasteiger partial charge in [0.05, 0.1) is 6.10 Å². The zero-order chi connectivity index (χ0) is 10.6. The first kappa shape index (κ1) is 13.7. The van der Waals surface area contributed by atoms with Gasteiger partial charge in [0.15, 0.2) is 0 Å². The summed E-state index contributed by atoms with van der Waals surface area (Å²) >= 11 is 0. The van der Waals surface area contributed by atoms with Crippen LogP contribution in [0.4, 0.5) is 0 Å². The minimum Gasteiger partial charge on any atom is -0.396 e. The molecule has 2 heteroatoms. The molecule has 0 aliphatic rings. The van der Waals surface area contributed by atoms with Crippen LogP contribution in [0.5, 0.6) is 0 Å². The van der Waals surface area contributed by atoms with Gasteiger partial charge in [0.1, 0.15) is 0 Å². The minimum atomic E-state index is 0.225. The summed E-state index contributed by atoms with van der Waals surface area (Å²) in [5, 5.41) is 8.61. The normalized spacial score (nSPS) is 13.6. The number of ether oxygens (including phenoxy) is 1. The van der Waals surface area contributed by atoms with Gasteiger partial charge in [0.25, 0.3) is 0 Å². The molecule has 0 aromatic rings. The van der Waals surface area contributed by atoms with E-state index in [-0.39, 0.29) is 12.7 Å². The maximum Gasteiger partial charge on any atom is 0.0752 e. The smallest absolute Gasteiger partial charge is 0.0752 e. The molecule has 0 saturated heterocycles. The molecule has 0 fully saturated rings. The fourth-order valence-electron chi connectivity index (χ4n) is 1.39. The van der Waals surface area contributed by atoms with Crippen LogP contribution in [0.15, 0.2) is 12.2 Å². The highest BCUT2D eigenvalue weighted by molar-refractivity contribution is 4.89. The predicted octanol–water partition coefficient (Wildman–Crippen LogP) is 2.91. The largest absolute Gasteiger partial charge is 0.396 e. The Morgan fingerprint density at radius 2 is 2.07 bits per heavy atom. The second-order valence-electron chi connectivity index (χ2n) is 3.56. The van der Waals surface area contributed by atoms with E-state index in [1.807, 2.05) is 6.08 Å². The summed E-state index contributed by atoms with van der Waals surface area (Å²) in [5.74, 6) is 0. The van der Waals surface area contributed by atoms with Gasteiger partial charge in [-0.05, 0) is 12.8 Å². The van der Waals surface area contributed by atoms with Crippen molar-refractivity contribution in [3.63, 3.8) is 0 Å². The number of aliphatic hydroxyl groups is 1. The molecule has 0 aliphatic carbocycles. The highest BCUT2D eigenvalue weighted by atomic mass is 16.5. The molecule has 14 heavy (non-hydrogen) atoms. The van der Waals surface area contributed by atoms with Gasteiger partial charge in [-0.3, -0.25) is 0 Å². The van der Waals surface area contributed by atoms with Gasteiger partial charge in [-0.2, -0.15) is 0 Å². The van der Waals surface area contributed by atoms with Crippen LogP contribution in [0, 0.1) is 0 Å². The summed E-state index contributed by atoms with van der Waals surface area (Å²) in [6.45, 7) is 2.44. The molecule has 0 heterocycles. The molecule has 0 spiro atoms. The van der Waals surface area contributed by atoms with E-state index in [1.165, 1.54) is 25.7 Å². The van der Waals surface area contributed by atoms with Gasteiger partial charge in [-0.15, -0.1) is 0 Å². The molecule has 2 nitrogen and oxygen atoms in total. The molecule has 0 saturated carbocycles. The molecule has 0 amide bonds. The van der Waals surface area contributed by atoms with Crippen molar-refractivity contribution in [3.05, 3.63) is 12.2 Å². The molecular weight excluding hydrogens is 176 g/mol. The van der Waals surface area contributed by atoms with E-state index in [0.29, 0.717) is 0 Å².